The molecular formula is C12H13N3O2. The zero-order chi connectivity index (χ0) is 11.8. The van der Waals surface area contributed by atoms with Gasteiger partial charge in [0.2, 0.25) is 0 Å². The lowest BCUT2D eigenvalue weighted by Gasteiger charge is -2.09. The van der Waals surface area contributed by atoms with Gasteiger partial charge in [0.15, 0.2) is 5.82 Å². The minimum Gasteiger partial charge on any atom is -0.313 e. The number of nitrogens with zero attached hydrogens (tertiary/aromatic N) is 1. The molecule has 88 valence electrons. The van der Waals surface area contributed by atoms with Crippen molar-refractivity contribution in [3.05, 3.63) is 39.9 Å². The van der Waals surface area contributed by atoms with Crippen molar-refractivity contribution >= 4 is 0 Å². The van der Waals surface area contributed by atoms with Crippen molar-refractivity contribution in [3.63, 3.8) is 0 Å². The number of rotatable bonds is 2. The normalized spacial score (nSPS) is 18.3. The zero-order valence-corrected chi connectivity index (χ0v) is 9.49. The molecular weight excluding hydrogens is 218 g/mol. The van der Waals surface area contributed by atoms with Gasteiger partial charge in [-0.3, -0.25) is 9.51 Å². The summed E-state index contributed by atoms with van der Waals surface area (Å²) in [5.74, 6) is -0.0284. The summed E-state index contributed by atoms with van der Waals surface area (Å²) in [4.78, 5) is 13.5. The Bertz CT molecular complexity index is 600. The summed E-state index contributed by atoms with van der Waals surface area (Å²) >= 11 is 0. The van der Waals surface area contributed by atoms with E-state index in [4.69, 9.17) is 0 Å². The molecule has 1 aromatic heterocycles. The lowest BCUT2D eigenvalue weighted by atomic mass is 10.0. The van der Waals surface area contributed by atoms with Crippen molar-refractivity contribution in [2.75, 3.05) is 7.05 Å². The first kappa shape index (κ1) is 10.3. The molecule has 0 saturated heterocycles. The number of aryl methyl sites for hydroxylation is 1. The van der Waals surface area contributed by atoms with Crippen LogP contribution in [0.5, 0.6) is 0 Å². The Morgan fingerprint density at radius 1 is 1.53 bits per heavy atom. The highest BCUT2D eigenvalue weighted by Gasteiger charge is 2.21. The molecule has 0 saturated carbocycles. The van der Waals surface area contributed by atoms with Crippen LogP contribution in [0.4, 0.5) is 0 Å². The Balaban J connectivity index is 2.03. The molecule has 5 heteroatoms. The fraction of sp³-hybridized carbons (Fsp3) is 0.333. The van der Waals surface area contributed by atoms with Gasteiger partial charge in [0.1, 0.15) is 0 Å². The number of hydrogen-bond acceptors (Lipinski definition) is 4. The maximum atomic E-state index is 10.9. The van der Waals surface area contributed by atoms with Gasteiger partial charge in [0, 0.05) is 11.6 Å². The van der Waals surface area contributed by atoms with Crippen LogP contribution in [0.2, 0.25) is 0 Å². The van der Waals surface area contributed by atoms with Gasteiger partial charge in [0.25, 0.3) is 0 Å². The van der Waals surface area contributed by atoms with Crippen molar-refractivity contribution in [3.8, 4) is 11.4 Å². The number of hydrogen-bond donors (Lipinski definition) is 2. The van der Waals surface area contributed by atoms with E-state index in [-0.39, 0.29) is 0 Å². The zero-order valence-electron chi connectivity index (χ0n) is 9.49. The van der Waals surface area contributed by atoms with Crippen LogP contribution in [0.25, 0.3) is 11.4 Å². The molecule has 3 rings (SSSR count). The molecule has 0 aliphatic heterocycles. The van der Waals surface area contributed by atoms with Crippen LogP contribution in [-0.4, -0.2) is 17.2 Å². The van der Waals surface area contributed by atoms with Crippen molar-refractivity contribution in [2.45, 2.75) is 18.9 Å². The second kappa shape index (κ2) is 3.85. The highest BCUT2D eigenvalue weighted by molar-refractivity contribution is 5.57. The van der Waals surface area contributed by atoms with E-state index in [2.05, 4.69) is 32.1 Å². The predicted molar refractivity (Wildman–Crippen MR) is 62.7 cm³/mol. The van der Waals surface area contributed by atoms with E-state index in [0.29, 0.717) is 11.9 Å². The van der Waals surface area contributed by atoms with Crippen molar-refractivity contribution in [1.29, 1.82) is 0 Å². The first-order valence-electron chi connectivity index (χ1n) is 5.64. The molecule has 0 bridgehead atoms. The average Bonchev–Trinajstić information content (AvgIpc) is 2.94. The highest BCUT2D eigenvalue weighted by Crippen LogP contribution is 2.32. The summed E-state index contributed by atoms with van der Waals surface area (Å²) < 4.78 is 4.51. The van der Waals surface area contributed by atoms with Gasteiger partial charge in [0.05, 0.1) is 0 Å². The van der Waals surface area contributed by atoms with Crippen molar-refractivity contribution < 1.29 is 4.52 Å². The summed E-state index contributed by atoms with van der Waals surface area (Å²) in [7, 11) is 1.97. The monoisotopic (exact) mass is 231 g/mol. The summed E-state index contributed by atoms with van der Waals surface area (Å²) in [5, 5.41) is 6.98. The second-order valence-electron chi connectivity index (χ2n) is 4.24. The minimum absolute atomic E-state index is 0.440. The molecule has 1 atom stereocenters. The van der Waals surface area contributed by atoms with Gasteiger partial charge >= 0.3 is 5.76 Å². The van der Waals surface area contributed by atoms with Gasteiger partial charge < -0.3 is 5.32 Å². The average molecular weight is 231 g/mol. The molecule has 1 aromatic carbocycles. The van der Waals surface area contributed by atoms with Gasteiger partial charge in [-0.15, -0.1) is 0 Å². The van der Waals surface area contributed by atoms with Gasteiger partial charge in [-0.2, -0.15) is 0 Å². The third-order valence-corrected chi connectivity index (χ3v) is 3.28. The van der Waals surface area contributed by atoms with Crippen LogP contribution in [0.1, 0.15) is 23.6 Å². The molecule has 1 aliphatic carbocycles. The molecule has 1 aliphatic rings. The number of aromatic amines is 1. The highest BCUT2D eigenvalue weighted by atomic mass is 16.5. The summed E-state index contributed by atoms with van der Waals surface area (Å²) in [6.45, 7) is 0. The SMILES string of the molecule is CN[C@H]1CCc2cc(-c3noc(=O)[nH]3)ccc21. The molecule has 0 amide bonds. The lowest BCUT2D eigenvalue weighted by Crippen LogP contribution is -2.12. The maximum Gasteiger partial charge on any atom is 0.439 e. The second-order valence-corrected chi connectivity index (χ2v) is 4.24. The van der Waals surface area contributed by atoms with Gasteiger partial charge in [-0.1, -0.05) is 17.3 Å². The van der Waals surface area contributed by atoms with Gasteiger partial charge in [-0.25, -0.2) is 4.79 Å². The van der Waals surface area contributed by atoms with Crippen LogP contribution in [0.3, 0.4) is 0 Å². The van der Waals surface area contributed by atoms with Crippen LogP contribution < -0.4 is 11.1 Å². The smallest absolute Gasteiger partial charge is 0.313 e. The third kappa shape index (κ3) is 1.68. The fourth-order valence-corrected chi connectivity index (χ4v) is 2.42. The number of benzene rings is 1. The number of fused-ring (bicyclic) bond motifs is 1. The lowest BCUT2D eigenvalue weighted by molar-refractivity contribution is 0.388. The van der Waals surface area contributed by atoms with E-state index in [1.807, 2.05) is 13.1 Å². The molecule has 0 fully saturated rings. The van der Waals surface area contributed by atoms with E-state index >= 15 is 0 Å². The van der Waals surface area contributed by atoms with Gasteiger partial charge in [-0.05, 0) is 37.1 Å². The van der Waals surface area contributed by atoms with Crippen LogP contribution in [0, 0.1) is 0 Å². The summed E-state index contributed by atoms with van der Waals surface area (Å²) in [6, 6.07) is 6.56. The number of nitrogens with one attached hydrogen (secondary N) is 2. The largest absolute Gasteiger partial charge is 0.439 e. The molecule has 0 radical (unpaired) electrons. The standard InChI is InChI=1S/C12H13N3O2/c1-13-10-5-3-7-6-8(2-4-9(7)10)11-14-12(16)17-15-11/h2,4,6,10,13H,3,5H2,1H3,(H,14,15,16)/t10-/m0/s1. The number of aromatic nitrogens is 2. The van der Waals surface area contributed by atoms with E-state index < -0.39 is 5.76 Å². The Kier molecular flexibility index (Phi) is 2.33. The molecule has 2 N–H and O–H groups in total. The van der Waals surface area contributed by atoms with Crippen LogP contribution in [0.15, 0.2) is 27.5 Å². The summed E-state index contributed by atoms with van der Waals surface area (Å²) in [6.07, 6.45) is 2.17. The van der Waals surface area contributed by atoms with Crippen LogP contribution >= 0.6 is 0 Å². The molecule has 5 nitrogen and oxygen atoms in total. The Labute approximate surface area is 97.8 Å². The fourth-order valence-electron chi connectivity index (χ4n) is 2.42. The van der Waals surface area contributed by atoms with E-state index in [0.717, 1.165) is 18.4 Å². The third-order valence-electron chi connectivity index (χ3n) is 3.28. The summed E-state index contributed by atoms with van der Waals surface area (Å²) in [5.41, 5.74) is 3.54. The first-order chi connectivity index (χ1) is 8.28. The Morgan fingerprint density at radius 2 is 2.41 bits per heavy atom. The van der Waals surface area contributed by atoms with Crippen LogP contribution in [-0.2, 0) is 6.42 Å². The van der Waals surface area contributed by atoms with E-state index in [9.17, 15) is 4.79 Å². The van der Waals surface area contributed by atoms with Crippen molar-refractivity contribution in [2.24, 2.45) is 0 Å². The molecule has 17 heavy (non-hydrogen) atoms. The minimum atomic E-state index is -0.520. The Hall–Kier alpha value is -1.88. The molecule has 2 aromatic rings. The topological polar surface area (TPSA) is 70.9 Å². The first-order valence-corrected chi connectivity index (χ1v) is 5.64. The Morgan fingerprint density at radius 3 is 3.12 bits per heavy atom. The molecule has 0 spiro atoms. The number of H-pyrrole nitrogens is 1. The quantitative estimate of drug-likeness (QED) is 0.815. The van der Waals surface area contributed by atoms with E-state index in [1.165, 1.54) is 11.1 Å². The molecule has 0 unspecified atom stereocenters. The van der Waals surface area contributed by atoms with Crippen molar-refractivity contribution in [1.82, 2.24) is 15.5 Å². The van der Waals surface area contributed by atoms with E-state index in [1.54, 1.807) is 0 Å². The maximum absolute atomic E-state index is 10.9. The predicted octanol–water partition coefficient (Wildman–Crippen LogP) is 1.24. The molecule has 1 heterocycles.